The fraction of sp³-hybridized carbons (Fsp3) is 0.833. The summed E-state index contributed by atoms with van der Waals surface area (Å²) in [6, 6.07) is 0. The van der Waals surface area contributed by atoms with E-state index in [0.717, 1.165) is 25.2 Å². The predicted molar refractivity (Wildman–Crippen MR) is 71.6 cm³/mol. The molecule has 0 amide bonds. The van der Waals surface area contributed by atoms with E-state index in [0.29, 0.717) is 11.7 Å². The third-order valence-electron chi connectivity index (χ3n) is 3.11. The van der Waals surface area contributed by atoms with Gasteiger partial charge in [0.15, 0.2) is 5.82 Å². The van der Waals surface area contributed by atoms with E-state index in [4.69, 9.17) is 16.1 Å². The molecule has 2 heterocycles. The van der Waals surface area contributed by atoms with Gasteiger partial charge >= 0.3 is 0 Å². The quantitative estimate of drug-likeness (QED) is 0.765. The minimum atomic E-state index is -0.0978. The van der Waals surface area contributed by atoms with E-state index < -0.39 is 0 Å². The minimum absolute atomic E-state index is 0.0978. The highest BCUT2D eigenvalue weighted by atomic mass is 35.5. The Morgan fingerprint density at radius 2 is 2.24 bits per heavy atom. The molecule has 0 N–H and O–H groups in total. The fourth-order valence-corrected chi connectivity index (χ4v) is 3.57. The second-order valence-corrected chi connectivity index (χ2v) is 6.31. The molecule has 1 saturated heterocycles. The molecule has 0 bridgehead atoms. The molecule has 1 atom stereocenters. The van der Waals surface area contributed by atoms with Crippen molar-refractivity contribution in [3.05, 3.63) is 11.7 Å². The number of rotatable bonds is 5. The number of aromatic nitrogens is 2. The van der Waals surface area contributed by atoms with Gasteiger partial charge in [-0.3, -0.25) is 0 Å². The van der Waals surface area contributed by atoms with E-state index in [1.165, 1.54) is 24.3 Å². The highest BCUT2D eigenvalue weighted by Crippen LogP contribution is 2.27. The Labute approximate surface area is 112 Å². The third kappa shape index (κ3) is 3.88. The molecule has 3 nitrogen and oxygen atoms in total. The molecule has 1 unspecified atom stereocenters. The summed E-state index contributed by atoms with van der Waals surface area (Å²) in [5.74, 6) is 4.66. The van der Waals surface area contributed by atoms with Gasteiger partial charge in [0.1, 0.15) is 0 Å². The van der Waals surface area contributed by atoms with Gasteiger partial charge in [-0.2, -0.15) is 16.7 Å². The molecular formula is C12H19ClN2OS. The highest BCUT2D eigenvalue weighted by Gasteiger charge is 2.19. The molecule has 2 rings (SSSR count). The van der Waals surface area contributed by atoms with E-state index in [2.05, 4.69) is 17.1 Å². The lowest BCUT2D eigenvalue weighted by Crippen LogP contribution is -2.12. The number of thioether (sulfide) groups is 1. The first kappa shape index (κ1) is 13.2. The first-order valence-electron chi connectivity index (χ1n) is 6.34. The molecular weight excluding hydrogens is 256 g/mol. The average Bonchev–Trinajstić information content (AvgIpc) is 2.79. The van der Waals surface area contributed by atoms with Gasteiger partial charge < -0.3 is 4.52 Å². The number of hydrogen-bond acceptors (Lipinski definition) is 4. The molecule has 0 aromatic carbocycles. The van der Waals surface area contributed by atoms with Gasteiger partial charge in [-0.15, -0.1) is 11.6 Å². The SMILES string of the molecule is CCCC(Cl)c1noc(CC2CCSCC2)n1. The number of alkyl halides is 1. The summed E-state index contributed by atoms with van der Waals surface area (Å²) < 4.78 is 5.28. The molecule has 0 radical (unpaired) electrons. The number of nitrogens with zero attached hydrogens (tertiary/aromatic N) is 2. The summed E-state index contributed by atoms with van der Waals surface area (Å²) in [5, 5.41) is 3.88. The molecule has 0 aliphatic carbocycles. The molecule has 96 valence electrons. The van der Waals surface area contributed by atoms with E-state index in [1.807, 2.05) is 11.8 Å². The number of halogens is 1. The van der Waals surface area contributed by atoms with Crippen LogP contribution in [0.4, 0.5) is 0 Å². The van der Waals surface area contributed by atoms with Crippen LogP contribution in [0, 0.1) is 5.92 Å². The predicted octanol–water partition coefficient (Wildman–Crippen LogP) is 3.84. The first-order valence-corrected chi connectivity index (χ1v) is 7.93. The molecule has 17 heavy (non-hydrogen) atoms. The van der Waals surface area contributed by atoms with Gasteiger partial charge in [0, 0.05) is 6.42 Å². The largest absolute Gasteiger partial charge is 0.339 e. The van der Waals surface area contributed by atoms with Crippen LogP contribution in [0.2, 0.25) is 0 Å². The summed E-state index contributed by atoms with van der Waals surface area (Å²) in [6.07, 6.45) is 5.39. The van der Waals surface area contributed by atoms with Crippen LogP contribution in [0.25, 0.3) is 0 Å². The zero-order valence-electron chi connectivity index (χ0n) is 10.2. The molecule has 1 fully saturated rings. The van der Waals surface area contributed by atoms with Crippen LogP contribution in [0.3, 0.4) is 0 Å². The molecule has 1 aromatic heterocycles. The smallest absolute Gasteiger partial charge is 0.226 e. The average molecular weight is 275 g/mol. The van der Waals surface area contributed by atoms with Crippen molar-refractivity contribution in [2.45, 2.75) is 44.4 Å². The normalized spacial score (nSPS) is 19.4. The van der Waals surface area contributed by atoms with Crippen molar-refractivity contribution < 1.29 is 4.52 Å². The zero-order chi connectivity index (χ0) is 12.1. The maximum absolute atomic E-state index is 6.17. The summed E-state index contributed by atoms with van der Waals surface area (Å²) in [4.78, 5) is 4.41. The number of hydrogen-bond donors (Lipinski definition) is 0. The monoisotopic (exact) mass is 274 g/mol. The summed E-state index contributed by atoms with van der Waals surface area (Å²) >= 11 is 8.21. The van der Waals surface area contributed by atoms with Gasteiger partial charge in [-0.25, -0.2) is 0 Å². The minimum Gasteiger partial charge on any atom is -0.339 e. The Kier molecular flexibility index (Phi) is 5.16. The van der Waals surface area contributed by atoms with Crippen LogP contribution in [-0.2, 0) is 6.42 Å². The van der Waals surface area contributed by atoms with Crippen molar-refractivity contribution in [1.82, 2.24) is 10.1 Å². The van der Waals surface area contributed by atoms with Crippen LogP contribution < -0.4 is 0 Å². The van der Waals surface area contributed by atoms with E-state index >= 15 is 0 Å². The van der Waals surface area contributed by atoms with Crippen molar-refractivity contribution in [2.75, 3.05) is 11.5 Å². The lowest BCUT2D eigenvalue weighted by Gasteiger charge is -2.19. The zero-order valence-corrected chi connectivity index (χ0v) is 11.8. The Bertz CT molecular complexity index is 339. The van der Waals surface area contributed by atoms with Crippen molar-refractivity contribution >= 4 is 23.4 Å². The Hall–Kier alpha value is -0.220. The molecule has 5 heteroatoms. The van der Waals surface area contributed by atoms with Gasteiger partial charge in [-0.1, -0.05) is 18.5 Å². The highest BCUT2D eigenvalue weighted by molar-refractivity contribution is 7.99. The van der Waals surface area contributed by atoms with Crippen LogP contribution in [0.15, 0.2) is 4.52 Å². The van der Waals surface area contributed by atoms with E-state index in [1.54, 1.807) is 0 Å². The van der Waals surface area contributed by atoms with Gasteiger partial charge in [-0.05, 0) is 36.7 Å². The van der Waals surface area contributed by atoms with E-state index in [9.17, 15) is 0 Å². The second kappa shape index (κ2) is 6.64. The lowest BCUT2D eigenvalue weighted by molar-refractivity contribution is 0.341. The van der Waals surface area contributed by atoms with E-state index in [-0.39, 0.29) is 5.38 Å². The van der Waals surface area contributed by atoms with Crippen molar-refractivity contribution in [2.24, 2.45) is 5.92 Å². The van der Waals surface area contributed by atoms with Crippen LogP contribution in [0.5, 0.6) is 0 Å². The Balaban J connectivity index is 1.88. The Morgan fingerprint density at radius 3 is 2.94 bits per heavy atom. The topological polar surface area (TPSA) is 38.9 Å². The maximum atomic E-state index is 6.17. The van der Waals surface area contributed by atoms with Crippen LogP contribution in [-0.4, -0.2) is 21.6 Å². The standard InChI is InChI=1S/C12H19ClN2OS/c1-2-3-10(13)12-14-11(16-15-12)8-9-4-6-17-7-5-9/h9-10H,2-8H2,1H3. The van der Waals surface area contributed by atoms with Gasteiger partial charge in [0.05, 0.1) is 5.38 Å². The lowest BCUT2D eigenvalue weighted by atomic mass is 9.99. The Morgan fingerprint density at radius 1 is 1.47 bits per heavy atom. The summed E-state index contributed by atoms with van der Waals surface area (Å²) in [5.41, 5.74) is 0. The molecule has 0 spiro atoms. The van der Waals surface area contributed by atoms with Crippen LogP contribution in [0.1, 0.15) is 49.7 Å². The molecule has 1 aliphatic heterocycles. The maximum Gasteiger partial charge on any atom is 0.226 e. The molecule has 1 aromatic rings. The van der Waals surface area contributed by atoms with Crippen LogP contribution >= 0.6 is 23.4 Å². The third-order valence-corrected chi connectivity index (χ3v) is 4.57. The van der Waals surface area contributed by atoms with Gasteiger partial charge in [0.2, 0.25) is 5.89 Å². The van der Waals surface area contributed by atoms with Gasteiger partial charge in [0.25, 0.3) is 0 Å². The molecule has 1 aliphatic rings. The fourth-order valence-electron chi connectivity index (χ4n) is 2.06. The summed E-state index contributed by atoms with van der Waals surface area (Å²) in [7, 11) is 0. The molecule has 0 saturated carbocycles. The van der Waals surface area contributed by atoms with Crippen molar-refractivity contribution in [3.63, 3.8) is 0 Å². The second-order valence-electron chi connectivity index (χ2n) is 4.56. The first-order chi connectivity index (χ1) is 8.29. The van der Waals surface area contributed by atoms with Crippen molar-refractivity contribution in [1.29, 1.82) is 0 Å². The summed E-state index contributed by atoms with van der Waals surface area (Å²) in [6.45, 7) is 2.11. The van der Waals surface area contributed by atoms with Crippen molar-refractivity contribution in [3.8, 4) is 0 Å².